The van der Waals surface area contributed by atoms with Crippen LogP contribution in [0.25, 0.3) is 0 Å². The average molecular weight is 364 g/mol. The molecule has 2 saturated carbocycles. The lowest BCUT2D eigenvalue weighted by atomic mass is 9.84. The van der Waals surface area contributed by atoms with Crippen LogP contribution < -0.4 is 0 Å². The van der Waals surface area contributed by atoms with E-state index in [4.69, 9.17) is 9.47 Å². The van der Waals surface area contributed by atoms with Crippen LogP contribution in [0.15, 0.2) is 0 Å². The van der Waals surface area contributed by atoms with Gasteiger partial charge in [-0.1, -0.05) is 0 Å². The molecule has 0 radical (unpaired) electrons. The van der Waals surface area contributed by atoms with Crippen LogP contribution in [0.1, 0.15) is 51.9 Å². The Hall–Kier alpha value is -1.14. The van der Waals surface area contributed by atoms with Crippen LogP contribution in [0.5, 0.6) is 0 Å². The summed E-state index contributed by atoms with van der Waals surface area (Å²) in [6.07, 6.45) is 6.61. The van der Waals surface area contributed by atoms with Gasteiger partial charge in [0.1, 0.15) is 0 Å². The van der Waals surface area contributed by atoms with E-state index >= 15 is 0 Å². The van der Waals surface area contributed by atoms with Crippen molar-refractivity contribution in [3.8, 4) is 0 Å². The minimum absolute atomic E-state index is 0.108. The predicted octanol–water partition coefficient (Wildman–Crippen LogP) is 1.82. The Morgan fingerprint density at radius 3 is 2.38 bits per heavy atom. The topological polar surface area (TPSA) is 59.1 Å². The highest BCUT2D eigenvalue weighted by Crippen LogP contribution is 2.48. The highest BCUT2D eigenvalue weighted by molar-refractivity contribution is 5.86. The van der Waals surface area contributed by atoms with E-state index < -0.39 is 0 Å². The highest BCUT2D eigenvalue weighted by atomic mass is 16.5. The maximum absolute atomic E-state index is 13.2. The molecular weight excluding hydrogens is 332 g/mol. The van der Waals surface area contributed by atoms with Gasteiger partial charge in [0.05, 0.1) is 12.0 Å². The van der Waals surface area contributed by atoms with Gasteiger partial charge in [0.25, 0.3) is 0 Å². The quantitative estimate of drug-likeness (QED) is 0.747. The van der Waals surface area contributed by atoms with E-state index in [0.29, 0.717) is 32.2 Å². The minimum Gasteiger partial charge on any atom is -0.381 e. The highest BCUT2D eigenvalue weighted by Gasteiger charge is 2.53. The lowest BCUT2D eigenvalue weighted by molar-refractivity contribution is -0.143. The van der Waals surface area contributed by atoms with Crippen molar-refractivity contribution in [3.63, 3.8) is 0 Å². The maximum atomic E-state index is 13.2. The summed E-state index contributed by atoms with van der Waals surface area (Å²) in [5.41, 5.74) is -0.391. The first kappa shape index (κ1) is 18.2. The molecular formula is C20H32N2O4. The lowest BCUT2D eigenvalue weighted by Gasteiger charge is -2.45. The molecule has 26 heavy (non-hydrogen) atoms. The van der Waals surface area contributed by atoms with Gasteiger partial charge in [-0.2, -0.15) is 0 Å². The zero-order chi connectivity index (χ0) is 18.2. The molecule has 4 rings (SSSR count). The van der Waals surface area contributed by atoms with Gasteiger partial charge in [-0.15, -0.1) is 0 Å². The summed E-state index contributed by atoms with van der Waals surface area (Å²) in [5.74, 6) is 0.787. The second kappa shape index (κ2) is 7.12. The average Bonchev–Trinajstić information content (AvgIpc) is 3.56. The van der Waals surface area contributed by atoms with E-state index in [0.717, 1.165) is 64.7 Å². The standard InChI is InChI=1S/C20H32N2O4/c1-2-25-15-19(5-6-19)18(24)21-10-7-20(8-13-26-14-9-20)22(12-11-21)17(23)16-3-4-16/h16H,2-15H2,1H3. The molecule has 2 heterocycles. The Morgan fingerprint density at radius 1 is 1.04 bits per heavy atom. The molecule has 0 N–H and O–H groups in total. The van der Waals surface area contributed by atoms with Crippen molar-refractivity contribution in [2.24, 2.45) is 11.3 Å². The number of ether oxygens (including phenoxy) is 2. The van der Waals surface area contributed by atoms with E-state index in [-0.39, 0.29) is 22.8 Å². The van der Waals surface area contributed by atoms with Crippen molar-refractivity contribution >= 4 is 11.8 Å². The third-order valence-electron chi connectivity index (χ3n) is 6.81. The van der Waals surface area contributed by atoms with Gasteiger partial charge >= 0.3 is 0 Å². The number of nitrogens with zero attached hydrogens (tertiary/aromatic N) is 2. The third-order valence-corrected chi connectivity index (χ3v) is 6.81. The number of hydrogen-bond donors (Lipinski definition) is 0. The molecule has 6 nitrogen and oxygen atoms in total. The molecule has 2 saturated heterocycles. The molecule has 4 fully saturated rings. The summed E-state index contributed by atoms with van der Waals surface area (Å²) < 4.78 is 11.2. The van der Waals surface area contributed by atoms with Gasteiger partial charge in [-0.05, 0) is 51.9 Å². The van der Waals surface area contributed by atoms with Crippen molar-refractivity contribution < 1.29 is 19.1 Å². The fourth-order valence-electron chi connectivity index (χ4n) is 4.62. The van der Waals surface area contributed by atoms with Gasteiger partial charge in [0.15, 0.2) is 0 Å². The zero-order valence-corrected chi connectivity index (χ0v) is 16.0. The summed E-state index contributed by atoms with van der Waals surface area (Å²) in [6, 6.07) is 0. The van der Waals surface area contributed by atoms with Gasteiger partial charge in [-0.3, -0.25) is 9.59 Å². The summed E-state index contributed by atoms with van der Waals surface area (Å²) in [6.45, 7) is 6.70. The Balaban J connectivity index is 1.48. The number of hydrogen-bond acceptors (Lipinski definition) is 4. The SMILES string of the molecule is CCOCC1(C(=O)N2CCN(C(=O)C3CC3)C3(CCOCC3)CC2)CC1. The Labute approximate surface area is 156 Å². The molecule has 0 unspecified atom stereocenters. The molecule has 4 aliphatic rings. The first-order valence-corrected chi connectivity index (χ1v) is 10.4. The first-order chi connectivity index (χ1) is 12.6. The number of carbonyl (C=O) groups excluding carboxylic acids is 2. The Kier molecular flexibility index (Phi) is 4.99. The second-order valence-electron chi connectivity index (χ2n) is 8.56. The van der Waals surface area contributed by atoms with Gasteiger partial charge < -0.3 is 19.3 Å². The first-order valence-electron chi connectivity index (χ1n) is 10.4. The molecule has 0 aromatic heterocycles. The molecule has 146 valence electrons. The molecule has 0 bridgehead atoms. The van der Waals surface area contributed by atoms with Gasteiger partial charge in [0.2, 0.25) is 11.8 Å². The van der Waals surface area contributed by atoms with E-state index in [1.54, 1.807) is 0 Å². The number of amides is 2. The molecule has 0 aromatic carbocycles. The second-order valence-corrected chi connectivity index (χ2v) is 8.56. The van der Waals surface area contributed by atoms with Crippen LogP contribution >= 0.6 is 0 Å². The number of rotatable bonds is 5. The largest absolute Gasteiger partial charge is 0.381 e. The lowest BCUT2D eigenvalue weighted by Crippen LogP contribution is -2.55. The molecule has 2 aliphatic carbocycles. The Morgan fingerprint density at radius 2 is 1.77 bits per heavy atom. The molecule has 0 atom stereocenters. The summed E-state index contributed by atoms with van der Waals surface area (Å²) in [7, 11) is 0. The van der Waals surface area contributed by atoms with Crippen LogP contribution in [0, 0.1) is 11.3 Å². The van der Waals surface area contributed by atoms with Gasteiger partial charge in [-0.25, -0.2) is 0 Å². The maximum Gasteiger partial charge on any atom is 0.231 e. The molecule has 6 heteroatoms. The summed E-state index contributed by atoms with van der Waals surface area (Å²) >= 11 is 0. The van der Waals surface area contributed by atoms with Crippen LogP contribution in [-0.4, -0.2) is 73.2 Å². The van der Waals surface area contributed by atoms with Crippen LogP contribution in [0.3, 0.4) is 0 Å². The Bertz CT molecular complexity index is 550. The van der Waals surface area contributed by atoms with Crippen LogP contribution in [-0.2, 0) is 19.1 Å². The molecule has 2 amide bonds. The molecule has 1 spiro atoms. The van der Waals surface area contributed by atoms with Crippen LogP contribution in [0.2, 0.25) is 0 Å². The normalized spacial score (nSPS) is 27.3. The van der Waals surface area contributed by atoms with E-state index in [9.17, 15) is 9.59 Å². The monoisotopic (exact) mass is 364 g/mol. The predicted molar refractivity (Wildman–Crippen MR) is 96.6 cm³/mol. The smallest absolute Gasteiger partial charge is 0.231 e. The fourth-order valence-corrected chi connectivity index (χ4v) is 4.62. The van der Waals surface area contributed by atoms with Crippen molar-refractivity contribution in [2.45, 2.75) is 57.4 Å². The summed E-state index contributed by atoms with van der Waals surface area (Å²) in [5, 5.41) is 0. The van der Waals surface area contributed by atoms with E-state index in [2.05, 4.69) is 4.90 Å². The minimum atomic E-state index is -0.283. The fraction of sp³-hybridized carbons (Fsp3) is 0.900. The van der Waals surface area contributed by atoms with Crippen molar-refractivity contribution in [2.75, 3.05) is 46.1 Å². The van der Waals surface area contributed by atoms with Crippen molar-refractivity contribution in [1.82, 2.24) is 9.80 Å². The summed E-state index contributed by atoms with van der Waals surface area (Å²) in [4.78, 5) is 30.3. The van der Waals surface area contributed by atoms with Gasteiger partial charge in [0, 0.05) is 50.9 Å². The van der Waals surface area contributed by atoms with Crippen LogP contribution in [0.4, 0.5) is 0 Å². The van der Waals surface area contributed by atoms with E-state index in [1.165, 1.54) is 0 Å². The third kappa shape index (κ3) is 3.38. The zero-order valence-electron chi connectivity index (χ0n) is 16.0. The molecule has 0 aromatic rings. The molecule has 2 aliphatic heterocycles. The number of carbonyl (C=O) groups is 2. The van der Waals surface area contributed by atoms with Crippen molar-refractivity contribution in [3.05, 3.63) is 0 Å². The van der Waals surface area contributed by atoms with E-state index in [1.807, 2.05) is 11.8 Å². The van der Waals surface area contributed by atoms with Crippen molar-refractivity contribution in [1.29, 1.82) is 0 Å².